The van der Waals surface area contributed by atoms with Crippen molar-refractivity contribution in [3.05, 3.63) is 12.4 Å². The van der Waals surface area contributed by atoms with Crippen molar-refractivity contribution in [2.24, 2.45) is 5.92 Å². The monoisotopic (exact) mass is 270 g/mol. The summed E-state index contributed by atoms with van der Waals surface area (Å²) >= 11 is 0. The third-order valence-corrected chi connectivity index (χ3v) is 4.58. The Labute approximate surface area is 107 Å². The molecule has 0 amide bonds. The van der Waals surface area contributed by atoms with E-state index < -0.39 is 10.0 Å². The maximum Gasteiger partial charge on any atom is 0.243 e. The van der Waals surface area contributed by atoms with Crippen LogP contribution < -0.4 is 10.0 Å². The summed E-state index contributed by atoms with van der Waals surface area (Å²) in [5.74, 6) is 0.877. The van der Waals surface area contributed by atoms with Crippen molar-refractivity contribution in [2.45, 2.75) is 30.6 Å². The van der Waals surface area contributed by atoms with Gasteiger partial charge >= 0.3 is 0 Å². The lowest BCUT2D eigenvalue weighted by Crippen LogP contribution is -2.28. The lowest BCUT2D eigenvalue weighted by Gasteiger charge is -2.10. The van der Waals surface area contributed by atoms with Gasteiger partial charge in [-0.3, -0.25) is 0 Å². The Kier molecular flexibility index (Phi) is 4.13. The molecule has 1 aromatic heterocycles. The van der Waals surface area contributed by atoms with E-state index in [1.807, 2.05) is 0 Å². The highest BCUT2D eigenvalue weighted by molar-refractivity contribution is 7.89. The Morgan fingerprint density at radius 2 is 1.89 bits per heavy atom. The van der Waals surface area contributed by atoms with Crippen LogP contribution in [0.15, 0.2) is 17.3 Å². The quantitative estimate of drug-likeness (QED) is 0.833. The van der Waals surface area contributed by atoms with E-state index in [2.05, 4.69) is 20.0 Å². The van der Waals surface area contributed by atoms with E-state index in [1.54, 1.807) is 7.05 Å². The minimum Gasteiger partial charge on any atom is -0.357 e. The van der Waals surface area contributed by atoms with Crippen molar-refractivity contribution >= 4 is 16.0 Å². The summed E-state index contributed by atoms with van der Waals surface area (Å²) in [5.41, 5.74) is 0. The molecule has 1 saturated carbocycles. The van der Waals surface area contributed by atoms with Crippen LogP contribution in [0.4, 0.5) is 5.95 Å². The topological polar surface area (TPSA) is 84.0 Å². The summed E-state index contributed by atoms with van der Waals surface area (Å²) in [7, 11) is -1.79. The van der Waals surface area contributed by atoms with Crippen LogP contribution in [0.1, 0.15) is 25.7 Å². The predicted octanol–water partition coefficient (Wildman–Crippen LogP) is 0.987. The van der Waals surface area contributed by atoms with Gasteiger partial charge in [0.15, 0.2) is 0 Å². The first-order valence-electron chi connectivity index (χ1n) is 6.11. The average Bonchev–Trinajstić information content (AvgIpc) is 2.90. The molecule has 1 aromatic rings. The number of hydrogen-bond acceptors (Lipinski definition) is 5. The Morgan fingerprint density at radius 3 is 2.44 bits per heavy atom. The fourth-order valence-electron chi connectivity index (χ4n) is 2.11. The highest BCUT2D eigenvalue weighted by Crippen LogP contribution is 2.24. The summed E-state index contributed by atoms with van der Waals surface area (Å²) < 4.78 is 26.6. The first-order valence-corrected chi connectivity index (χ1v) is 7.59. The fourth-order valence-corrected chi connectivity index (χ4v) is 3.11. The zero-order valence-corrected chi connectivity index (χ0v) is 11.2. The van der Waals surface area contributed by atoms with Crippen LogP contribution in [-0.4, -0.2) is 32.0 Å². The zero-order valence-electron chi connectivity index (χ0n) is 10.4. The van der Waals surface area contributed by atoms with Gasteiger partial charge in [-0.1, -0.05) is 12.8 Å². The minimum atomic E-state index is -3.48. The van der Waals surface area contributed by atoms with Gasteiger partial charge in [-0.2, -0.15) is 0 Å². The Bertz CT molecular complexity index is 480. The van der Waals surface area contributed by atoms with Crippen LogP contribution in [0, 0.1) is 5.92 Å². The molecule has 2 rings (SSSR count). The SMILES string of the molecule is CNc1ncc(S(=O)(=O)NCC2CCCC2)cn1. The fraction of sp³-hybridized carbons (Fsp3) is 0.636. The number of hydrogen-bond donors (Lipinski definition) is 2. The molecule has 0 bridgehead atoms. The molecule has 1 fully saturated rings. The van der Waals surface area contributed by atoms with E-state index in [1.165, 1.54) is 25.2 Å². The standard InChI is InChI=1S/C11H18N4O2S/c1-12-11-13-7-10(8-14-11)18(16,17)15-6-9-4-2-3-5-9/h7-9,15H,2-6H2,1H3,(H,12,13,14). The number of nitrogens with zero attached hydrogens (tertiary/aromatic N) is 2. The molecular weight excluding hydrogens is 252 g/mol. The number of nitrogens with one attached hydrogen (secondary N) is 2. The van der Waals surface area contributed by atoms with E-state index in [4.69, 9.17) is 0 Å². The molecule has 1 aliphatic rings. The van der Waals surface area contributed by atoms with Crippen molar-refractivity contribution < 1.29 is 8.42 Å². The predicted molar refractivity (Wildman–Crippen MR) is 68.7 cm³/mol. The first-order chi connectivity index (χ1) is 8.62. The molecule has 18 heavy (non-hydrogen) atoms. The van der Waals surface area contributed by atoms with Crippen molar-refractivity contribution in [2.75, 3.05) is 18.9 Å². The second kappa shape index (κ2) is 5.62. The van der Waals surface area contributed by atoms with Crippen molar-refractivity contribution in [3.63, 3.8) is 0 Å². The molecule has 0 atom stereocenters. The summed E-state index contributed by atoms with van der Waals surface area (Å²) in [4.78, 5) is 7.91. The molecule has 0 radical (unpaired) electrons. The maximum atomic E-state index is 12.0. The minimum absolute atomic E-state index is 0.111. The molecule has 100 valence electrons. The third-order valence-electron chi connectivity index (χ3n) is 3.20. The molecule has 2 N–H and O–H groups in total. The molecule has 1 aliphatic carbocycles. The molecule has 0 spiro atoms. The van der Waals surface area contributed by atoms with Crippen LogP contribution in [0.3, 0.4) is 0 Å². The average molecular weight is 270 g/mol. The lowest BCUT2D eigenvalue weighted by molar-refractivity contribution is 0.519. The summed E-state index contributed by atoms with van der Waals surface area (Å²) in [5, 5.41) is 2.74. The second-order valence-electron chi connectivity index (χ2n) is 4.49. The van der Waals surface area contributed by atoms with Gasteiger partial charge in [-0.15, -0.1) is 0 Å². The number of aromatic nitrogens is 2. The van der Waals surface area contributed by atoms with Crippen molar-refractivity contribution in [1.29, 1.82) is 0 Å². The summed E-state index contributed by atoms with van der Waals surface area (Å²) in [6.45, 7) is 0.510. The van der Waals surface area contributed by atoms with Gasteiger partial charge in [0, 0.05) is 13.6 Å². The van der Waals surface area contributed by atoms with Crippen LogP contribution in [-0.2, 0) is 10.0 Å². The van der Waals surface area contributed by atoms with Gasteiger partial charge in [-0.25, -0.2) is 23.1 Å². The van der Waals surface area contributed by atoms with Crippen molar-refractivity contribution in [1.82, 2.24) is 14.7 Å². The second-order valence-corrected chi connectivity index (χ2v) is 6.26. The maximum absolute atomic E-state index is 12.0. The number of rotatable bonds is 5. The summed E-state index contributed by atoms with van der Waals surface area (Å²) in [6, 6.07) is 0. The molecule has 1 heterocycles. The Hall–Kier alpha value is -1.21. The number of sulfonamides is 1. The smallest absolute Gasteiger partial charge is 0.243 e. The molecular formula is C11H18N4O2S. The van der Waals surface area contributed by atoms with Crippen LogP contribution in [0.25, 0.3) is 0 Å². The van der Waals surface area contributed by atoms with E-state index in [9.17, 15) is 8.42 Å². The molecule has 0 aliphatic heterocycles. The van der Waals surface area contributed by atoms with Gasteiger partial charge in [-0.05, 0) is 18.8 Å². The Balaban J connectivity index is 2.00. The van der Waals surface area contributed by atoms with Gasteiger partial charge < -0.3 is 5.32 Å². The van der Waals surface area contributed by atoms with E-state index in [0.717, 1.165) is 12.8 Å². The molecule has 7 heteroatoms. The van der Waals surface area contributed by atoms with Crippen LogP contribution in [0.5, 0.6) is 0 Å². The molecule has 0 unspecified atom stereocenters. The number of anilines is 1. The largest absolute Gasteiger partial charge is 0.357 e. The third kappa shape index (κ3) is 3.17. The molecule has 6 nitrogen and oxygen atoms in total. The first kappa shape index (κ1) is 13.2. The van der Waals surface area contributed by atoms with Gasteiger partial charge in [0.25, 0.3) is 0 Å². The highest BCUT2D eigenvalue weighted by Gasteiger charge is 2.20. The molecule has 0 aromatic carbocycles. The van der Waals surface area contributed by atoms with E-state index >= 15 is 0 Å². The zero-order chi connectivity index (χ0) is 13.0. The van der Waals surface area contributed by atoms with Crippen LogP contribution in [0.2, 0.25) is 0 Å². The highest BCUT2D eigenvalue weighted by atomic mass is 32.2. The lowest BCUT2D eigenvalue weighted by atomic mass is 10.1. The van der Waals surface area contributed by atoms with E-state index in [0.29, 0.717) is 18.4 Å². The van der Waals surface area contributed by atoms with Gasteiger partial charge in [0.1, 0.15) is 4.90 Å². The van der Waals surface area contributed by atoms with Gasteiger partial charge in [0.05, 0.1) is 12.4 Å². The Morgan fingerprint density at radius 1 is 1.28 bits per heavy atom. The van der Waals surface area contributed by atoms with E-state index in [-0.39, 0.29) is 4.90 Å². The van der Waals surface area contributed by atoms with Gasteiger partial charge in [0.2, 0.25) is 16.0 Å². The molecule has 0 saturated heterocycles. The van der Waals surface area contributed by atoms with Crippen molar-refractivity contribution in [3.8, 4) is 0 Å². The van der Waals surface area contributed by atoms with Crippen LogP contribution >= 0.6 is 0 Å². The summed E-state index contributed by atoms with van der Waals surface area (Å²) in [6.07, 6.45) is 7.25. The normalized spacial score (nSPS) is 16.9.